The van der Waals surface area contributed by atoms with Crippen molar-refractivity contribution in [3.05, 3.63) is 53.4 Å². The third-order valence-electron chi connectivity index (χ3n) is 4.79. The number of nitrogens with zero attached hydrogens (tertiary/aromatic N) is 3. The first-order valence-corrected chi connectivity index (χ1v) is 8.42. The number of carbonyl (C=O) groups excluding carboxylic acids is 1. The summed E-state index contributed by atoms with van der Waals surface area (Å²) in [5, 5.41) is 7.42. The summed E-state index contributed by atoms with van der Waals surface area (Å²) in [5.41, 5.74) is 0.931. The maximum absolute atomic E-state index is 13.9. The molecule has 1 saturated heterocycles. The Morgan fingerprint density at radius 2 is 2.08 bits per heavy atom. The van der Waals surface area contributed by atoms with Crippen molar-refractivity contribution in [3.63, 3.8) is 0 Å². The van der Waals surface area contributed by atoms with E-state index < -0.39 is 11.6 Å². The summed E-state index contributed by atoms with van der Waals surface area (Å²) in [6.07, 6.45) is 3.68. The van der Waals surface area contributed by atoms with Crippen LogP contribution in [0.4, 0.5) is 8.78 Å². The van der Waals surface area contributed by atoms with Gasteiger partial charge in [-0.25, -0.2) is 8.78 Å². The predicted molar refractivity (Wildman–Crippen MR) is 89.8 cm³/mol. The first-order valence-electron chi connectivity index (χ1n) is 8.42. The van der Waals surface area contributed by atoms with Crippen LogP contribution in [0.3, 0.4) is 0 Å². The predicted octanol–water partition coefficient (Wildman–Crippen LogP) is 2.05. The van der Waals surface area contributed by atoms with Gasteiger partial charge in [0.1, 0.15) is 11.6 Å². The molecule has 1 aliphatic heterocycles. The monoisotopic (exact) mass is 348 g/mol. The molecule has 0 bridgehead atoms. The van der Waals surface area contributed by atoms with Crippen LogP contribution < -0.4 is 5.32 Å². The van der Waals surface area contributed by atoms with Gasteiger partial charge in [0, 0.05) is 44.4 Å². The molecule has 0 unspecified atom stereocenters. The SMILES string of the molecule is CCN(Cc1c(F)cccc1F)C(=O)[C@H]1CNC[C@@H]1c1cnn(C)c1. The highest BCUT2D eigenvalue weighted by Gasteiger charge is 2.37. The van der Waals surface area contributed by atoms with E-state index in [4.69, 9.17) is 0 Å². The van der Waals surface area contributed by atoms with E-state index in [-0.39, 0.29) is 29.9 Å². The average molecular weight is 348 g/mol. The number of benzene rings is 1. The molecule has 3 rings (SSSR count). The van der Waals surface area contributed by atoms with Crippen molar-refractivity contribution in [2.24, 2.45) is 13.0 Å². The standard InChI is InChI=1S/C18H22F2N4O/c1-3-24(11-15-16(19)5-4-6-17(15)20)18(25)14-9-21-8-13(14)12-7-22-23(2)10-12/h4-7,10,13-14,21H,3,8-9,11H2,1-2H3/t13-,14+/m1/s1. The van der Waals surface area contributed by atoms with Gasteiger partial charge in [-0.15, -0.1) is 0 Å². The smallest absolute Gasteiger partial charge is 0.227 e. The van der Waals surface area contributed by atoms with Gasteiger partial charge >= 0.3 is 0 Å². The lowest BCUT2D eigenvalue weighted by molar-refractivity contribution is -0.135. The van der Waals surface area contributed by atoms with Gasteiger partial charge in [0.15, 0.2) is 0 Å². The Kier molecular flexibility index (Phi) is 5.13. The zero-order chi connectivity index (χ0) is 18.0. The molecule has 2 atom stereocenters. The van der Waals surface area contributed by atoms with E-state index in [0.29, 0.717) is 19.6 Å². The third kappa shape index (κ3) is 3.56. The molecule has 0 spiro atoms. The number of aryl methyl sites for hydroxylation is 1. The lowest BCUT2D eigenvalue weighted by Crippen LogP contribution is -2.38. The first kappa shape index (κ1) is 17.5. The summed E-state index contributed by atoms with van der Waals surface area (Å²) < 4.78 is 29.6. The summed E-state index contributed by atoms with van der Waals surface area (Å²) >= 11 is 0. The van der Waals surface area contributed by atoms with Gasteiger partial charge < -0.3 is 10.2 Å². The molecule has 7 heteroatoms. The molecule has 0 saturated carbocycles. The minimum atomic E-state index is -0.625. The topological polar surface area (TPSA) is 50.2 Å². The van der Waals surface area contributed by atoms with E-state index in [1.807, 2.05) is 20.2 Å². The molecule has 2 heterocycles. The van der Waals surface area contributed by atoms with Crippen molar-refractivity contribution < 1.29 is 13.6 Å². The number of hydrogen-bond acceptors (Lipinski definition) is 3. The van der Waals surface area contributed by atoms with Gasteiger partial charge in [-0.2, -0.15) is 5.10 Å². The van der Waals surface area contributed by atoms with Crippen LogP contribution >= 0.6 is 0 Å². The zero-order valence-electron chi connectivity index (χ0n) is 14.4. The maximum atomic E-state index is 13.9. The third-order valence-corrected chi connectivity index (χ3v) is 4.79. The van der Waals surface area contributed by atoms with E-state index >= 15 is 0 Å². The number of aromatic nitrogens is 2. The number of amides is 1. The summed E-state index contributed by atoms with van der Waals surface area (Å²) in [7, 11) is 1.84. The molecule has 2 aromatic rings. The molecule has 134 valence electrons. The Balaban J connectivity index is 1.79. The molecule has 25 heavy (non-hydrogen) atoms. The summed E-state index contributed by atoms with van der Waals surface area (Å²) in [6.45, 7) is 3.38. The molecular formula is C18H22F2N4O. The van der Waals surface area contributed by atoms with Gasteiger partial charge in [-0.05, 0) is 24.6 Å². The lowest BCUT2D eigenvalue weighted by Gasteiger charge is -2.27. The second kappa shape index (κ2) is 7.31. The number of hydrogen-bond donors (Lipinski definition) is 1. The number of nitrogens with one attached hydrogen (secondary N) is 1. The van der Waals surface area contributed by atoms with Crippen LogP contribution in [0, 0.1) is 17.6 Å². The lowest BCUT2D eigenvalue weighted by atomic mass is 9.89. The van der Waals surface area contributed by atoms with Crippen molar-refractivity contribution in [3.8, 4) is 0 Å². The van der Waals surface area contributed by atoms with E-state index in [2.05, 4.69) is 10.4 Å². The van der Waals surface area contributed by atoms with Gasteiger partial charge in [0.05, 0.1) is 18.7 Å². The minimum Gasteiger partial charge on any atom is -0.338 e. The molecule has 0 radical (unpaired) electrons. The molecule has 1 amide bonds. The van der Waals surface area contributed by atoms with Crippen LogP contribution in [0.25, 0.3) is 0 Å². The maximum Gasteiger partial charge on any atom is 0.227 e. The first-order chi connectivity index (χ1) is 12.0. The summed E-state index contributed by atoms with van der Waals surface area (Å²) in [4.78, 5) is 14.5. The Bertz CT molecular complexity index is 741. The van der Waals surface area contributed by atoms with Gasteiger partial charge in [-0.1, -0.05) is 6.07 Å². The number of halogens is 2. The molecule has 1 aliphatic rings. The Morgan fingerprint density at radius 1 is 1.36 bits per heavy atom. The molecule has 1 aromatic heterocycles. The van der Waals surface area contributed by atoms with Crippen LogP contribution in [0.15, 0.2) is 30.6 Å². The summed E-state index contributed by atoms with van der Waals surface area (Å²) in [5.74, 6) is -1.59. The van der Waals surface area contributed by atoms with Gasteiger partial charge in [-0.3, -0.25) is 9.48 Å². The van der Waals surface area contributed by atoms with Crippen LogP contribution in [0.1, 0.15) is 24.0 Å². The molecular weight excluding hydrogens is 326 g/mol. The molecule has 5 nitrogen and oxygen atoms in total. The average Bonchev–Trinajstić information content (AvgIpc) is 3.22. The highest BCUT2D eigenvalue weighted by molar-refractivity contribution is 5.80. The molecule has 1 aromatic carbocycles. The van der Waals surface area contributed by atoms with Crippen molar-refractivity contribution >= 4 is 5.91 Å². The highest BCUT2D eigenvalue weighted by Crippen LogP contribution is 2.30. The van der Waals surface area contributed by atoms with E-state index in [1.54, 1.807) is 10.9 Å². The highest BCUT2D eigenvalue weighted by atomic mass is 19.1. The fourth-order valence-corrected chi connectivity index (χ4v) is 3.37. The van der Waals surface area contributed by atoms with Crippen LogP contribution in [0.2, 0.25) is 0 Å². The Morgan fingerprint density at radius 3 is 2.68 bits per heavy atom. The second-order valence-electron chi connectivity index (χ2n) is 6.37. The normalized spacial score (nSPS) is 20.0. The fraction of sp³-hybridized carbons (Fsp3) is 0.444. The van der Waals surface area contributed by atoms with E-state index in [0.717, 1.165) is 5.56 Å². The van der Waals surface area contributed by atoms with Crippen molar-refractivity contribution in [2.75, 3.05) is 19.6 Å². The number of carbonyl (C=O) groups is 1. The van der Waals surface area contributed by atoms with Gasteiger partial charge in [0.2, 0.25) is 5.91 Å². The van der Waals surface area contributed by atoms with E-state index in [9.17, 15) is 13.6 Å². The van der Waals surface area contributed by atoms with Crippen molar-refractivity contribution in [2.45, 2.75) is 19.4 Å². The van der Waals surface area contributed by atoms with Crippen molar-refractivity contribution in [1.82, 2.24) is 20.0 Å². The Labute approximate surface area is 145 Å². The van der Waals surface area contributed by atoms with E-state index in [1.165, 1.54) is 23.1 Å². The van der Waals surface area contributed by atoms with Crippen LogP contribution in [0.5, 0.6) is 0 Å². The molecule has 1 N–H and O–H groups in total. The fourth-order valence-electron chi connectivity index (χ4n) is 3.37. The van der Waals surface area contributed by atoms with Crippen LogP contribution in [-0.2, 0) is 18.4 Å². The zero-order valence-corrected chi connectivity index (χ0v) is 14.4. The number of rotatable bonds is 5. The largest absolute Gasteiger partial charge is 0.338 e. The summed E-state index contributed by atoms with van der Waals surface area (Å²) in [6, 6.07) is 3.75. The van der Waals surface area contributed by atoms with Crippen molar-refractivity contribution in [1.29, 1.82) is 0 Å². The Hall–Kier alpha value is -2.28. The van der Waals surface area contributed by atoms with Gasteiger partial charge in [0.25, 0.3) is 0 Å². The van der Waals surface area contributed by atoms with Crippen LogP contribution in [-0.4, -0.2) is 40.2 Å². The molecule has 1 fully saturated rings. The second-order valence-corrected chi connectivity index (χ2v) is 6.37. The minimum absolute atomic E-state index is 0.0146. The quantitative estimate of drug-likeness (QED) is 0.900. The molecule has 0 aliphatic carbocycles.